The Hall–Kier alpha value is -1.65. The molecule has 0 bridgehead atoms. The lowest BCUT2D eigenvalue weighted by molar-refractivity contribution is 0.0696. The number of anilines is 1. The van der Waals surface area contributed by atoms with Crippen LogP contribution in [0.1, 0.15) is 56.2 Å². The molecule has 1 aromatic rings. The van der Waals surface area contributed by atoms with E-state index in [0.717, 1.165) is 11.3 Å². The van der Waals surface area contributed by atoms with Crippen LogP contribution in [0.2, 0.25) is 0 Å². The molecule has 0 aliphatic rings. The van der Waals surface area contributed by atoms with Crippen molar-refractivity contribution >= 4 is 11.8 Å². The third-order valence-electron chi connectivity index (χ3n) is 3.42. The summed E-state index contributed by atoms with van der Waals surface area (Å²) in [7, 11) is 0. The highest BCUT2D eigenvalue weighted by molar-refractivity contribution is 5.95. The van der Waals surface area contributed by atoms with Crippen molar-refractivity contribution in [1.29, 1.82) is 0 Å². The highest BCUT2D eigenvalue weighted by Gasteiger charge is 2.21. The van der Waals surface area contributed by atoms with Crippen molar-refractivity contribution in [3.05, 3.63) is 16.8 Å². The van der Waals surface area contributed by atoms with Crippen LogP contribution >= 0.6 is 0 Å². The van der Waals surface area contributed by atoms with Crippen LogP contribution in [0.4, 0.5) is 5.82 Å². The molecule has 1 atom stereocenters. The Labute approximate surface area is 114 Å². The summed E-state index contributed by atoms with van der Waals surface area (Å²) in [6.07, 6.45) is 1.33. The zero-order chi connectivity index (χ0) is 14.6. The molecule has 19 heavy (non-hydrogen) atoms. The quantitative estimate of drug-likeness (QED) is 0.827. The van der Waals surface area contributed by atoms with Crippen molar-refractivity contribution in [1.82, 2.24) is 10.2 Å². The minimum Gasteiger partial charge on any atom is -0.478 e. The molecule has 0 aliphatic heterocycles. The van der Waals surface area contributed by atoms with Gasteiger partial charge in [0.15, 0.2) is 5.82 Å². The van der Waals surface area contributed by atoms with Gasteiger partial charge in [-0.3, -0.25) is 0 Å². The van der Waals surface area contributed by atoms with Crippen LogP contribution in [-0.4, -0.2) is 27.3 Å². The minimum atomic E-state index is -0.945. The molecule has 2 N–H and O–H groups in total. The molecule has 0 saturated carbocycles. The largest absolute Gasteiger partial charge is 0.478 e. The Morgan fingerprint density at radius 3 is 2.26 bits per heavy atom. The monoisotopic (exact) mass is 265 g/mol. The fourth-order valence-electron chi connectivity index (χ4n) is 1.89. The van der Waals surface area contributed by atoms with E-state index in [2.05, 4.69) is 29.4 Å². The van der Waals surface area contributed by atoms with E-state index in [-0.39, 0.29) is 11.6 Å². The lowest BCUT2D eigenvalue weighted by Crippen LogP contribution is -2.25. The van der Waals surface area contributed by atoms with Gasteiger partial charge in [-0.05, 0) is 31.2 Å². The molecule has 0 aliphatic carbocycles. The van der Waals surface area contributed by atoms with Crippen LogP contribution in [0.3, 0.4) is 0 Å². The van der Waals surface area contributed by atoms with Crippen LogP contribution in [0.15, 0.2) is 0 Å². The van der Waals surface area contributed by atoms with E-state index in [4.69, 9.17) is 0 Å². The van der Waals surface area contributed by atoms with Crippen molar-refractivity contribution in [2.24, 2.45) is 5.92 Å². The van der Waals surface area contributed by atoms with E-state index in [1.807, 2.05) is 20.8 Å². The van der Waals surface area contributed by atoms with Crippen molar-refractivity contribution in [2.75, 3.05) is 5.32 Å². The third kappa shape index (κ3) is 3.43. The smallest absolute Gasteiger partial charge is 0.339 e. The molecule has 5 nitrogen and oxygen atoms in total. The van der Waals surface area contributed by atoms with E-state index in [0.29, 0.717) is 24.6 Å². The van der Waals surface area contributed by atoms with Gasteiger partial charge < -0.3 is 10.4 Å². The molecule has 0 spiro atoms. The van der Waals surface area contributed by atoms with Gasteiger partial charge in [0.1, 0.15) is 5.56 Å². The first-order valence-electron chi connectivity index (χ1n) is 6.80. The molecule has 0 aromatic carbocycles. The summed E-state index contributed by atoms with van der Waals surface area (Å²) in [6, 6.07) is 0.143. The second-order valence-electron chi connectivity index (χ2n) is 5.04. The highest BCUT2D eigenvalue weighted by Crippen LogP contribution is 2.22. The van der Waals surface area contributed by atoms with E-state index >= 15 is 0 Å². The lowest BCUT2D eigenvalue weighted by atomic mass is 10.0. The summed E-state index contributed by atoms with van der Waals surface area (Å²) >= 11 is 0. The predicted octanol–water partition coefficient (Wildman–Crippen LogP) is 2.76. The summed E-state index contributed by atoms with van der Waals surface area (Å²) < 4.78 is 0. The first-order chi connectivity index (χ1) is 8.92. The summed E-state index contributed by atoms with van der Waals surface area (Å²) in [5, 5.41) is 20.8. The predicted molar refractivity (Wildman–Crippen MR) is 75.7 cm³/mol. The third-order valence-corrected chi connectivity index (χ3v) is 3.42. The van der Waals surface area contributed by atoms with Crippen LogP contribution < -0.4 is 5.32 Å². The van der Waals surface area contributed by atoms with Crippen LogP contribution in [0.25, 0.3) is 0 Å². The lowest BCUT2D eigenvalue weighted by Gasteiger charge is -2.20. The number of carboxylic acids is 1. The number of carboxylic acid groups (broad SMARTS) is 1. The molecule has 1 aromatic heterocycles. The van der Waals surface area contributed by atoms with Crippen molar-refractivity contribution in [3.63, 3.8) is 0 Å². The van der Waals surface area contributed by atoms with Gasteiger partial charge in [-0.15, -0.1) is 5.10 Å². The fraction of sp³-hybridized carbons (Fsp3) is 0.643. The minimum absolute atomic E-state index is 0.143. The molecular formula is C14H23N3O2. The second-order valence-corrected chi connectivity index (χ2v) is 5.04. The Kier molecular flexibility index (Phi) is 5.27. The number of aromatic carboxylic acids is 1. The molecule has 1 heterocycles. The van der Waals surface area contributed by atoms with Gasteiger partial charge in [-0.2, -0.15) is 5.10 Å². The van der Waals surface area contributed by atoms with Gasteiger partial charge in [0.25, 0.3) is 0 Å². The van der Waals surface area contributed by atoms with Crippen LogP contribution in [0.5, 0.6) is 0 Å². The molecule has 106 valence electrons. The summed E-state index contributed by atoms with van der Waals surface area (Å²) in [5.74, 6) is -0.179. The summed E-state index contributed by atoms with van der Waals surface area (Å²) in [4.78, 5) is 11.5. The number of hydrogen-bond acceptors (Lipinski definition) is 4. The SMILES string of the molecule is CCc1nnc(NC(C)C(C)C)c(C(=O)O)c1CC. The summed E-state index contributed by atoms with van der Waals surface area (Å²) in [5.41, 5.74) is 1.81. The van der Waals surface area contributed by atoms with E-state index in [1.165, 1.54) is 0 Å². The Balaban J connectivity index is 3.28. The Morgan fingerprint density at radius 2 is 1.84 bits per heavy atom. The molecule has 5 heteroatoms. The van der Waals surface area contributed by atoms with Gasteiger partial charge in [0.2, 0.25) is 0 Å². The van der Waals surface area contributed by atoms with Crippen LogP contribution in [0, 0.1) is 5.92 Å². The van der Waals surface area contributed by atoms with Gasteiger partial charge in [0, 0.05) is 6.04 Å². The van der Waals surface area contributed by atoms with Crippen molar-refractivity contribution in [3.8, 4) is 0 Å². The maximum Gasteiger partial charge on any atom is 0.339 e. The molecule has 0 radical (unpaired) electrons. The Morgan fingerprint density at radius 1 is 1.21 bits per heavy atom. The highest BCUT2D eigenvalue weighted by atomic mass is 16.4. The number of aromatic nitrogens is 2. The molecule has 1 unspecified atom stereocenters. The number of aryl methyl sites for hydroxylation is 1. The van der Waals surface area contributed by atoms with Gasteiger partial charge in [0.05, 0.1) is 5.69 Å². The normalized spacial score (nSPS) is 12.5. The number of nitrogens with zero attached hydrogens (tertiary/aromatic N) is 2. The van der Waals surface area contributed by atoms with Gasteiger partial charge >= 0.3 is 5.97 Å². The van der Waals surface area contributed by atoms with Crippen LogP contribution in [-0.2, 0) is 12.8 Å². The zero-order valence-electron chi connectivity index (χ0n) is 12.3. The first kappa shape index (κ1) is 15.4. The topological polar surface area (TPSA) is 75.1 Å². The van der Waals surface area contributed by atoms with E-state index < -0.39 is 5.97 Å². The maximum absolute atomic E-state index is 11.5. The molecule has 1 rings (SSSR count). The number of hydrogen-bond donors (Lipinski definition) is 2. The Bertz CT molecular complexity index is 458. The first-order valence-corrected chi connectivity index (χ1v) is 6.80. The van der Waals surface area contributed by atoms with Gasteiger partial charge in [-0.25, -0.2) is 4.79 Å². The zero-order valence-corrected chi connectivity index (χ0v) is 12.3. The van der Waals surface area contributed by atoms with Crippen molar-refractivity contribution in [2.45, 2.75) is 53.5 Å². The average molecular weight is 265 g/mol. The molecule has 0 fully saturated rings. The van der Waals surface area contributed by atoms with Crippen molar-refractivity contribution < 1.29 is 9.90 Å². The van der Waals surface area contributed by atoms with E-state index in [1.54, 1.807) is 0 Å². The molecule has 0 saturated heterocycles. The average Bonchev–Trinajstić information content (AvgIpc) is 2.37. The number of rotatable bonds is 6. The van der Waals surface area contributed by atoms with Gasteiger partial charge in [-0.1, -0.05) is 27.7 Å². The number of nitrogens with one attached hydrogen (secondary N) is 1. The maximum atomic E-state index is 11.5. The molecule has 0 amide bonds. The standard InChI is InChI=1S/C14H23N3O2/c1-6-10-11(7-2)16-17-13(12(10)14(18)19)15-9(5)8(3)4/h8-9H,6-7H2,1-5H3,(H,15,17)(H,18,19). The summed E-state index contributed by atoms with van der Waals surface area (Å²) in [6.45, 7) is 10.1. The second kappa shape index (κ2) is 6.50. The fourth-order valence-corrected chi connectivity index (χ4v) is 1.89. The van der Waals surface area contributed by atoms with E-state index in [9.17, 15) is 9.90 Å². The molecular weight excluding hydrogens is 242 g/mol. The number of carbonyl (C=O) groups is 1.